The number of hydrogen-bond acceptors (Lipinski definition) is 6. The van der Waals surface area contributed by atoms with Crippen LogP contribution in [0.2, 0.25) is 0 Å². The van der Waals surface area contributed by atoms with Gasteiger partial charge in [0, 0.05) is 38.4 Å². The highest BCUT2D eigenvalue weighted by molar-refractivity contribution is 5.97. The van der Waals surface area contributed by atoms with E-state index >= 15 is 4.39 Å². The number of pyridine rings is 1. The number of carboxylic acids is 1. The molecule has 0 amide bonds. The Morgan fingerprint density at radius 3 is 2.72 bits per heavy atom. The standard InChI is InChI=1S/C20H22FN3O5/c21-15-9-13-16-19(29-8-5-24(16)11-14(18(13)25)20(26)27)17(15)23-2-1-12(10-23)22-3-6-28-7-4-22/h9,11-12H,1-8,10H2,(H,26,27). The molecule has 1 N–H and O–H groups in total. The molecular weight excluding hydrogens is 381 g/mol. The zero-order valence-electron chi connectivity index (χ0n) is 15.9. The average molecular weight is 403 g/mol. The monoisotopic (exact) mass is 403 g/mol. The third-order valence-corrected chi connectivity index (χ3v) is 6.09. The Kier molecular flexibility index (Phi) is 4.44. The van der Waals surface area contributed by atoms with Gasteiger partial charge in [0.15, 0.2) is 11.6 Å². The maximum atomic E-state index is 15.2. The number of nitrogens with zero attached hydrogens (tertiary/aromatic N) is 3. The van der Waals surface area contributed by atoms with Gasteiger partial charge in [0.05, 0.1) is 30.7 Å². The number of ether oxygens (including phenoxy) is 2. The Morgan fingerprint density at radius 1 is 1.17 bits per heavy atom. The summed E-state index contributed by atoms with van der Waals surface area (Å²) in [6.45, 7) is 5.25. The summed E-state index contributed by atoms with van der Waals surface area (Å²) in [5.41, 5.74) is -0.207. The van der Waals surface area contributed by atoms with Gasteiger partial charge in [-0.05, 0) is 12.5 Å². The van der Waals surface area contributed by atoms with Crippen LogP contribution in [0.4, 0.5) is 10.1 Å². The molecule has 3 aliphatic heterocycles. The van der Waals surface area contributed by atoms with E-state index in [-0.39, 0.29) is 10.9 Å². The number of hydrogen-bond donors (Lipinski definition) is 1. The minimum atomic E-state index is -1.31. The highest BCUT2D eigenvalue weighted by Gasteiger charge is 2.34. The van der Waals surface area contributed by atoms with E-state index in [1.807, 2.05) is 4.90 Å². The topological polar surface area (TPSA) is 84.2 Å². The van der Waals surface area contributed by atoms with Gasteiger partial charge < -0.3 is 24.0 Å². The summed E-state index contributed by atoms with van der Waals surface area (Å²) in [6.07, 6.45) is 2.25. The van der Waals surface area contributed by atoms with Gasteiger partial charge in [-0.25, -0.2) is 9.18 Å². The lowest BCUT2D eigenvalue weighted by atomic mass is 10.1. The van der Waals surface area contributed by atoms with E-state index in [0.29, 0.717) is 62.5 Å². The number of aromatic nitrogens is 1. The van der Waals surface area contributed by atoms with E-state index in [0.717, 1.165) is 25.6 Å². The number of aromatic carboxylic acids is 1. The van der Waals surface area contributed by atoms with Gasteiger partial charge in [0.25, 0.3) is 0 Å². The average Bonchev–Trinajstić information content (AvgIpc) is 3.20. The molecule has 4 heterocycles. The van der Waals surface area contributed by atoms with Crippen molar-refractivity contribution >= 4 is 22.6 Å². The van der Waals surface area contributed by atoms with Gasteiger partial charge >= 0.3 is 5.97 Å². The summed E-state index contributed by atoms with van der Waals surface area (Å²) < 4.78 is 28.2. The number of anilines is 1. The number of carbonyl (C=O) groups is 1. The van der Waals surface area contributed by atoms with E-state index in [2.05, 4.69) is 4.90 Å². The molecule has 154 valence electrons. The van der Waals surface area contributed by atoms with Crippen molar-refractivity contribution in [2.75, 3.05) is 50.9 Å². The molecule has 1 atom stereocenters. The Morgan fingerprint density at radius 2 is 1.97 bits per heavy atom. The third kappa shape index (κ3) is 2.96. The predicted molar refractivity (Wildman–Crippen MR) is 104 cm³/mol. The molecule has 1 aromatic heterocycles. The summed E-state index contributed by atoms with van der Waals surface area (Å²) in [7, 11) is 0. The summed E-state index contributed by atoms with van der Waals surface area (Å²) in [6, 6.07) is 1.48. The van der Waals surface area contributed by atoms with Gasteiger partial charge in [0.2, 0.25) is 5.43 Å². The van der Waals surface area contributed by atoms with Crippen LogP contribution in [0.1, 0.15) is 16.8 Å². The molecular formula is C20H22FN3O5. The van der Waals surface area contributed by atoms with Crippen molar-refractivity contribution in [2.45, 2.75) is 19.0 Å². The normalized spacial score (nSPS) is 22.1. The lowest BCUT2D eigenvalue weighted by Gasteiger charge is -2.33. The van der Waals surface area contributed by atoms with E-state index < -0.39 is 17.2 Å². The minimum Gasteiger partial charge on any atom is -0.487 e. The van der Waals surface area contributed by atoms with Crippen molar-refractivity contribution in [2.24, 2.45) is 0 Å². The van der Waals surface area contributed by atoms with Crippen molar-refractivity contribution in [3.63, 3.8) is 0 Å². The molecule has 1 aromatic carbocycles. The van der Waals surface area contributed by atoms with Gasteiger partial charge in [-0.1, -0.05) is 0 Å². The van der Waals surface area contributed by atoms with Crippen LogP contribution in [-0.4, -0.2) is 72.6 Å². The summed E-state index contributed by atoms with van der Waals surface area (Å²) in [5, 5.41) is 9.37. The van der Waals surface area contributed by atoms with Gasteiger partial charge in [-0.3, -0.25) is 9.69 Å². The van der Waals surface area contributed by atoms with E-state index in [4.69, 9.17) is 9.47 Å². The fourth-order valence-corrected chi connectivity index (χ4v) is 4.68. The van der Waals surface area contributed by atoms with E-state index in [1.54, 1.807) is 4.57 Å². The number of rotatable bonds is 3. The minimum absolute atomic E-state index is 0.0461. The SMILES string of the molecule is O=C(O)c1cn2c3c(c(N4CCC(N5CCOCC5)C4)c(F)cc3c1=O)OCC2. The highest BCUT2D eigenvalue weighted by atomic mass is 19.1. The number of benzene rings is 1. The molecule has 9 heteroatoms. The Balaban J connectivity index is 1.58. The second kappa shape index (κ2) is 7.00. The Hall–Kier alpha value is -2.65. The molecule has 0 aliphatic carbocycles. The second-order valence-corrected chi connectivity index (χ2v) is 7.69. The molecule has 0 spiro atoms. The summed E-state index contributed by atoms with van der Waals surface area (Å²) >= 11 is 0. The Labute approximate surface area is 166 Å². The smallest absolute Gasteiger partial charge is 0.341 e. The van der Waals surface area contributed by atoms with Crippen LogP contribution in [0.15, 0.2) is 17.1 Å². The number of halogens is 1. The van der Waals surface area contributed by atoms with Crippen LogP contribution in [-0.2, 0) is 11.3 Å². The number of carboxylic acid groups (broad SMARTS) is 1. The van der Waals surface area contributed by atoms with Gasteiger partial charge in [0.1, 0.15) is 17.9 Å². The van der Waals surface area contributed by atoms with E-state index in [9.17, 15) is 14.7 Å². The Bertz CT molecular complexity index is 1050. The molecule has 29 heavy (non-hydrogen) atoms. The van der Waals surface area contributed by atoms with Crippen molar-refractivity contribution in [3.05, 3.63) is 33.9 Å². The largest absolute Gasteiger partial charge is 0.487 e. The summed E-state index contributed by atoms with van der Waals surface area (Å²) in [4.78, 5) is 28.4. The summed E-state index contributed by atoms with van der Waals surface area (Å²) in [5.74, 6) is -1.53. The molecule has 2 fully saturated rings. The van der Waals surface area contributed by atoms with Crippen LogP contribution in [0.3, 0.4) is 0 Å². The fourth-order valence-electron chi connectivity index (χ4n) is 4.68. The van der Waals surface area contributed by atoms with Crippen molar-refractivity contribution in [1.82, 2.24) is 9.47 Å². The lowest BCUT2D eigenvalue weighted by Crippen LogP contribution is -2.44. The van der Waals surface area contributed by atoms with Crippen LogP contribution in [0.5, 0.6) is 5.75 Å². The molecule has 8 nitrogen and oxygen atoms in total. The van der Waals surface area contributed by atoms with Crippen LogP contribution >= 0.6 is 0 Å². The number of morpholine rings is 1. The maximum absolute atomic E-state index is 15.2. The molecule has 0 bridgehead atoms. The van der Waals surface area contributed by atoms with E-state index in [1.165, 1.54) is 6.20 Å². The van der Waals surface area contributed by atoms with Gasteiger partial charge in [-0.15, -0.1) is 0 Å². The van der Waals surface area contributed by atoms with Crippen LogP contribution < -0.4 is 15.1 Å². The third-order valence-electron chi connectivity index (χ3n) is 6.09. The molecule has 5 rings (SSSR count). The molecule has 2 aromatic rings. The first kappa shape index (κ1) is 18.4. The van der Waals surface area contributed by atoms with Crippen molar-refractivity contribution in [3.8, 4) is 5.75 Å². The van der Waals surface area contributed by atoms with Gasteiger partial charge in [-0.2, -0.15) is 0 Å². The zero-order valence-corrected chi connectivity index (χ0v) is 15.9. The molecule has 3 aliphatic rings. The zero-order chi connectivity index (χ0) is 20.1. The second-order valence-electron chi connectivity index (χ2n) is 7.69. The molecule has 1 unspecified atom stereocenters. The first-order valence-electron chi connectivity index (χ1n) is 9.87. The van der Waals surface area contributed by atoms with Crippen LogP contribution in [0.25, 0.3) is 10.9 Å². The highest BCUT2D eigenvalue weighted by Crippen LogP contribution is 2.41. The quantitative estimate of drug-likeness (QED) is 0.823. The molecule has 0 radical (unpaired) electrons. The fraction of sp³-hybridized carbons (Fsp3) is 0.500. The van der Waals surface area contributed by atoms with Crippen LogP contribution in [0, 0.1) is 5.82 Å². The van der Waals surface area contributed by atoms with Crippen molar-refractivity contribution < 1.29 is 23.8 Å². The van der Waals surface area contributed by atoms with Crippen molar-refractivity contribution in [1.29, 1.82) is 0 Å². The lowest BCUT2D eigenvalue weighted by molar-refractivity contribution is 0.0209. The molecule has 0 saturated carbocycles. The molecule has 2 saturated heterocycles. The maximum Gasteiger partial charge on any atom is 0.341 e. The predicted octanol–water partition coefficient (Wildman–Crippen LogP) is 1.14. The first-order valence-corrected chi connectivity index (χ1v) is 9.87. The first-order chi connectivity index (χ1) is 14.0.